The van der Waals surface area contributed by atoms with E-state index in [-0.39, 0.29) is 17.4 Å². The average Bonchev–Trinajstić information content (AvgIpc) is 2.04. The van der Waals surface area contributed by atoms with Gasteiger partial charge in [-0.1, -0.05) is 16.8 Å². The Morgan fingerprint density at radius 1 is 1.62 bits per heavy atom. The molecule has 1 aromatic heterocycles. The van der Waals surface area contributed by atoms with Crippen LogP contribution in [-0.4, -0.2) is 9.91 Å². The maximum Gasteiger partial charge on any atom is 0.306 e. The Hall–Kier alpha value is -1.56. The Labute approximate surface area is 77.7 Å². The standard InChI is InChI=1S/C6H4ClN3O3/c7-6-5(10(12)13)2-1-4(9-6)3-8-11/h1-2H,3H2. The molecule has 68 valence electrons. The zero-order valence-corrected chi connectivity index (χ0v) is 7.06. The van der Waals surface area contributed by atoms with Crippen LogP contribution in [0.5, 0.6) is 0 Å². The predicted molar refractivity (Wildman–Crippen MR) is 45.4 cm³/mol. The van der Waals surface area contributed by atoms with Gasteiger partial charge < -0.3 is 0 Å². The third-order valence-corrected chi connectivity index (χ3v) is 1.59. The molecule has 6 nitrogen and oxygen atoms in total. The molecule has 0 atom stereocenters. The summed E-state index contributed by atoms with van der Waals surface area (Å²) in [5.41, 5.74) is 0.0296. The zero-order valence-electron chi connectivity index (χ0n) is 6.31. The van der Waals surface area contributed by atoms with Crippen LogP contribution in [0.25, 0.3) is 0 Å². The zero-order chi connectivity index (χ0) is 9.84. The average molecular weight is 202 g/mol. The number of hydrogen-bond acceptors (Lipinski definition) is 5. The van der Waals surface area contributed by atoms with Crippen LogP contribution in [0, 0.1) is 15.0 Å². The minimum atomic E-state index is -0.645. The first-order valence-electron chi connectivity index (χ1n) is 3.24. The van der Waals surface area contributed by atoms with Gasteiger partial charge in [-0.05, 0) is 6.07 Å². The van der Waals surface area contributed by atoms with Gasteiger partial charge in [0.05, 0.1) is 10.6 Å². The lowest BCUT2D eigenvalue weighted by Crippen LogP contribution is -1.94. The molecular weight excluding hydrogens is 198 g/mol. The van der Waals surface area contributed by atoms with Crippen molar-refractivity contribution in [1.29, 1.82) is 0 Å². The Balaban J connectivity index is 3.05. The number of nitrogens with zero attached hydrogens (tertiary/aromatic N) is 3. The molecule has 13 heavy (non-hydrogen) atoms. The highest BCUT2D eigenvalue weighted by Gasteiger charge is 2.13. The molecule has 0 radical (unpaired) electrons. The van der Waals surface area contributed by atoms with E-state index in [1.54, 1.807) is 0 Å². The van der Waals surface area contributed by atoms with Crippen LogP contribution in [0.15, 0.2) is 17.3 Å². The van der Waals surface area contributed by atoms with Gasteiger partial charge in [0.2, 0.25) is 5.15 Å². The van der Waals surface area contributed by atoms with Crippen molar-refractivity contribution in [3.8, 4) is 0 Å². The molecular formula is C6H4ClN3O3. The van der Waals surface area contributed by atoms with Crippen LogP contribution in [0.3, 0.4) is 0 Å². The molecule has 0 saturated carbocycles. The van der Waals surface area contributed by atoms with Crippen molar-refractivity contribution in [2.75, 3.05) is 0 Å². The molecule has 0 saturated heterocycles. The summed E-state index contributed by atoms with van der Waals surface area (Å²) in [6.07, 6.45) is 0. The van der Waals surface area contributed by atoms with Crippen molar-refractivity contribution in [3.63, 3.8) is 0 Å². The predicted octanol–water partition coefficient (Wildman–Crippen LogP) is 1.91. The van der Waals surface area contributed by atoms with Crippen LogP contribution in [-0.2, 0) is 6.54 Å². The van der Waals surface area contributed by atoms with E-state index in [9.17, 15) is 15.0 Å². The van der Waals surface area contributed by atoms with Gasteiger partial charge in [-0.15, -0.1) is 0 Å². The minimum absolute atomic E-state index is 0.141. The summed E-state index contributed by atoms with van der Waals surface area (Å²) < 4.78 is 0. The monoisotopic (exact) mass is 201 g/mol. The van der Waals surface area contributed by atoms with Crippen molar-refractivity contribution in [1.82, 2.24) is 4.98 Å². The first kappa shape index (κ1) is 9.53. The molecule has 7 heteroatoms. The number of hydrogen-bond donors (Lipinski definition) is 0. The summed E-state index contributed by atoms with van der Waals surface area (Å²) in [7, 11) is 0. The van der Waals surface area contributed by atoms with Crippen molar-refractivity contribution in [3.05, 3.63) is 38.0 Å². The molecule has 0 aromatic carbocycles. The second-order valence-electron chi connectivity index (χ2n) is 2.16. The van der Waals surface area contributed by atoms with Gasteiger partial charge in [0.15, 0.2) is 0 Å². The second kappa shape index (κ2) is 3.90. The van der Waals surface area contributed by atoms with Crippen LogP contribution >= 0.6 is 11.6 Å². The van der Waals surface area contributed by atoms with Crippen LogP contribution < -0.4 is 0 Å². The Bertz CT molecular complexity index is 355. The molecule has 0 bridgehead atoms. The lowest BCUT2D eigenvalue weighted by molar-refractivity contribution is -0.385. The fraction of sp³-hybridized carbons (Fsp3) is 0.167. The van der Waals surface area contributed by atoms with E-state index >= 15 is 0 Å². The van der Waals surface area contributed by atoms with Gasteiger partial charge in [-0.25, -0.2) is 4.98 Å². The van der Waals surface area contributed by atoms with Gasteiger partial charge >= 0.3 is 5.69 Å². The molecule has 0 aliphatic heterocycles. The summed E-state index contributed by atoms with van der Waals surface area (Å²) in [6, 6.07) is 2.53. The van der Waals surface area contributed by atoms with Crippen molar-refractivity contribution >= 4 is 17.3 Å². The third-order valence-electron chi connectivity index (χ3n) is 1.31. The van der Waals surface area contributed by atoms with Gasteiger partial charge in [0, 0.05) is 6.07 Å². The van der Waals surface area contributed by atoms with Gasteiger partial charge in [-0.2, -0.15) is 4.91 Å². The van der Waals surface area contributed by atoms with E-state index in [4.69, 9.17) is 11.6 Å². The van der Waals surface area contributed by atoms with Crippen LogP contribution in [0.2, 0.25) is 5.15 Å². The molecule has 0 unspecified atom stereocenters. The van der Waals surface area contributed by atoms with Gasteiger partial charge in [0.25, 0.3) is 0 Å². The molecule has 0 spiro atoms. The summed E-state index contributed by atoms with van der Waals surface area (Å²) in [5, 5.41) is 12.6. The van der Waals surface area contributed by atoms with E-state index in [0.717, 1.165) is 0 Å². The molecule has 0 aliphatic rings. The highest BCUT2D eigenvalue weighted by molar-refractivity contribution is 6.31. The number of aromatic nitrogens is 1. The number of nitro groups is 1. The lowest BCUT2D eigenvalue weighted by atomic mass is 10.3. The number of nitroso groups, excluding NO2 is 1. The van der Waals surface area contributed by atoms with E-state index in [0.29, 0.717) is 5.69 Å². The minimum Gasteiger partial charge on any atom is -0.258 e. The molecule has 1 rings (SSSR count). The van der Waals surface area contributed by atoms with Crippen molar-refractivity contribution < 1.29 is 4.92 Å². The topological polar surface area (TPSA) is 85.5 Å². The van der Waals surface area contributed by atoms with Crippen molar-refractivity contribution in [2.45, 2.75) is 6.54 Å². The molecule has 0 fully saturated rings. The molecule has 1 aromatic rings. The van der Waals surface area contributed by atoms with E-state index < -0.39 is 4.92 Å². The van der Waals surface area contributed by atoms with Crippen LogP contribution in [0.1, 0.15) is 5.69 Å². The maximum atomic E-state index is 10.3. The quantitative estimate of drug-likeness (QED) is 0.324. The van der Waals surface area contributed by atoms with Crippen LogP contribution in [0.4, 0.5) is 5.69 Å². The summed E-state index contributed by atoms with van der Waals surface area (Å²) in [5.74, 6) is 0. The number of halogens is 1. The molecule has 0 amide bonds. The van der Waals surface area contributed by atoms with E-state index in [1.807, 2.05) is 0 Å². The Kier molecular flexibility index (Phi) is 2.86. The lowest BCUT2D eigenvalue weighted by Gasteiger charge is -1.95. The van der Waals surface area contributed by atoms with E-state index in [1.165, 1.54) is 12.1 Å². The smallest absolute Gasteiger partial charge is 0.258 e. The van der Waals surface area contributed by atoms with E-state index in [2.05, 4.69) is 10.2 Å². The summed E-state index contributed by atoms with van der Waals surface area (Å²) in [4.78, 5) is 23.1. The SMILES string of the molecule is O=NCc1ccc([N+](=O)[O-])c(Cl)n1. The second-order valence-corrected chi connectivity index (χ2v) is 2.51. The Morgan fingerprint density at radius 2 is 2.31 bits per heavy atom. The fourth-order valence-corrected chi connectivity index (χ4v) is 0.995. The van der Waals surface area contributed by atoms with Gasteiger partial charge in [0.1, 0.15) is 6.54 Å². The first-order chi connectivity index (χ1) is 6.15. The fourth-order valence-electron chi connectivity index (χ4n) is 0.755. The molecule has 1 heterocycles. The number of pyridine rings is 1. The first-order valence-corrected chi connectivity index (χ1v) is 3.62. The largest absolute Gasteiger partial charge is 0.306 e. The Morgan fingerprint density at radius 3 is 2.77 bits per heavy atom. The maximum absolute atomic E-state index is 10.3. The summed E-state index contributed by atoms with van der Waals surface area (Å²) >= 11 is 5.46. The molecule has 0 aliphatic carbocycles. The number of rotatable bonds is 3. The normalized spacial score (nSPS) is 9.62. The highest BCUT2D eigenvalue weighted by atomic mass is 35.5. The van der Waals surface area contributed by atoms with Gasteiger partial charge in [-0.3, -0.25) is 10.1 Å². The molecule has 0 N–H and O–H groups in total. The third kappa shape index (κ3) is 2.19. The van der Waals surface area contributed by atoms with Crippen molar-refractivity contribution in [2.24, 2.45) is 5.18 Å². The highest BCUT2D eigenvalue weighted by Crippen LogP contribution is 2.21. The summed E-state index contributed by atoms with van der Waals surface area (Å²) in [6.45, 7) is -0.141.